The van der Waals surface area contributed by atoms with Crippen molar-refractivity contribution >= 4 is 11.9 Å². The molecule has 1 saturated carbocycles. The van der Waals surface area contributed by atoms with Crippen molar-refractivity contribution in [3.8, 4) is 5.75 Å². The zero-order chi connectivity index (χ0) is 17.2. The van der Waals surface area contributed by atoms with Crippen LogP contribution in [0.5, 0.6) is 5.75 Å². The Balaban J connectivity index is 1.60. The molecule has 0 saturated heterocycles. The molecule has 1 fully saturated rings. The van der Waals surface area contributed by atoms with E-state index in [2.05, 4.69) is 6.92 Å². The van der Waals surface area contributed by atoms with Crippen molar-refractivity contribution in [3.05, 3.63) is 29.8 Å². The van der Waals surface area contributed by atoms with Crippen LogP contribution >= 0.6 is 0 Å². The number of ether oxygens (including phenoxy) is 2. The van der Waals surface area contributed by atoms with Gasteiger partial charge in [-0.2, -0.15) is 0 Å². The third kappa shape index (κ3) is 6.73. The third-order valence-electron chi connectivity index (χ3n) is 4.50. The van der Waals surface area contributed by atoms with Crippen molar-refractivity contribution in [2.75, 3.05) is 6.61 Å². The Morgan fingerprint density at radius 1 is 1.08 bits per heavy atom. The molecule has 4 nitrogen and oxygen atoms in total. The van der Waals surface area contributed by atoms with Crippen LogP contribution in [-0.2, 0) is 20.7 Å². The van der Waals surface area contributed by atoms with Crippen molar-refractivity contribution in [2.45, 2.75) is 64.7 Å². The second-order valence-electron chi connectivity index (χ2n) is 6.52. The van der Waals surface area contributed by atoms with E-state index in [4.69, 9.17) is 9.47 Å². The summed E-state index contributed by atoms with van der Waals surface area (Å²) in [6.45, 7) is 2.59. The zero-order valence-corrected chi connectivity index (χ0v) is 14.6. The first kappa shape index (κ1) is 18.5. The number of esters is 2. The van der Waals surface area contributed by atoms with Crippen LogP contribution in [0.1, 0.15) is 63.9 Å². The quantitative estimate of drug-likeness (QED) is 0.521. The molecule has 0 aliphatic heterocycles. The highest BCUT2D eigenvalue weighted by Crippen LogP contribution is 2.23. The molecule has 0 radical (unpaired) electrons. The molecule has 0 aromatic heterocycles. The molecular formula is C20H28O4. The largest absolute Gasteiger partial charge is 0.465 e. The highest BCUT2D eigenvalue weighted by molar-refractivity contribution is 5.74. The van der Waals surface area contributed by atoms with Crippen LogP contribution in [-0.4, -0.2) is 18.5 Å². The van der Waals surface area contributed by atoms with Gasteiger partial charge in [0.1, 0.15) is 5.75 Å². The molecule has 0 unspecified atom stereocenters. The van der Waals surface area contributed by atoms with Crippen LogP contribution in [0, 0.1) is 5.92 Å². The normalized spacial score (nSPS) is 15.0. The number of carbonyl (C=O) groups excluding carboxylic acids is 2. The van der Waals surface area contributed by atoms with Gasteiger partial charge in [-0.15, -0.1) is 0 Å². The number of benzene rings is 1. The molecule has 0 heterocycles. The summed E-state index contributed by atoms with van der Waals surface area (Å²) in [4.78, 5) is 23.6. The zero-order valence-electron chi connectivity index (χ0n) is 14.6. The Labute approximate surface area is 144 Å². The van der Waals surface area contributed by atoms with Crippen molar-refractivity contribution in [1.29, 1.82) is 0 Å². The minimum Gasteiger partial charge on any atom is -0.465 e. The lowest BCUT2D eigenvalue weighted by molar-refractivity contribution is -0.145. The van der Waals surface area contributed by atoms with Gasteiger partial charge >= 0.3 is 11.9 Å². The Morgan fingerprint density at radius 2 is 1.83 bits per heavy atom. The second kappa shape index (κ2) is 10.1. The van der Waals surface area contributed by atoms with Gasteiger partial charge in [-0.3, -0.25) is 9.59 Å². The van der Waals surface area contributed by atoms with Crippen LogP contribution in [0.25, 0.3) is 0 Å². The van der Waals surface area contributed by atoms with Gasteiger partial charge in [0.15, 0.2) is 0 Å². The lowest BCUT2D eigenvalue weighted by atomic mass is 9.90. The maximum atomic E-state index is 11.8. The van der Waals surface area contributed by atoms with Crippen LogP contribution in [0.2, 0.25) is 0 Å². The van der Waals surface area contributed by atoms with Crippen LogP contribution < -0.4 is 4.74 Å². The summed E-state index contributed by atoms with van der Waals surface area (Å²) in [5, 5.41) is 0. The van der Waals surface area contributed by atoms with Gasteiger partial charge in [0.2, 0.25) is 0 Å². The predicted octanol–water partition coefficient (Wildman–Crippen LogP) is 4.45. The van der Waals surface area contributed by atoms with Crippen molar-refractivity contribution < 1.29 is 19.1 Å². The molecular weight excluding hydrogens is 304 g/mol. The Hall–Kier alpha value is -1.84. The summed E-state index contributed by atoms with van der Waals surface area (Å²) in [7, 11) is 0. The number of hydrogen-bond donors (Lipinski definition) is 0. The van der Waals surface area contributed by atoms with Gasteiger partial charge in [0.25, 0.3) is 0 Å². The standard InChI is InChI=1S/C20H28O4/c1-2-16-10-6-11-18(14-16)24-20(22)13-7-12-19(21)23-15-17-8-4-3-5-9-17/h6,10-11,14,17H,2-5,7-9,12-13,15H2,1H3. The molecule has 0 amide bonds. The van der Waals surface area contributed by atoms with Crippen molar-refractivity contribution in [2.24, 2.45) is 5.92 Å². The van der Waals surface area contributed by atoms with Crippen molar-refractivity contribution in [3.63, 3.8) is 0 Å². The molecule has 1 aromatic rings. The molecule has 0 atom stereocenters. The second-order valence-corrected chi connectivity index (χ2v) is 6.52. The first-order valence-corrected chi connectivity index (χ1v) is 9.12. The predicted molar refractivity (Wildman–Crippen MR) is 92.8 cm³/mol. The number of hydrogen-bond acceptors (Lipinski definition) is 4. The summed E-state index contributed by atoms with van der Waals surface area (Å²) in [6, 6.07) is 7.52. The number of carbonyl (C=O) groups is 2. The average molecular weight is 332 g/mol. The third-order valence-corrected chi connectivity index (χ3v) is 4.50. The Bertz CT molecular complexity index is 532. The van der Waals surface area contributed by atoms with E-state index in [1.165, 1.54) is 19.3 Å². The fraction of sp³-hybridized carbons (Fsp3) is 0.600. The molecule has 2 rings (SSSR count). The molecule has 0 N–H and O–H groups in total. The minimum absolute atomic E-state index is 0.207. The fourth-order valence-electron chi connectivity index (χ4n) is 3.03. The first-order chi connectivity index (χ1) is 11.7. The van der Waals surface area contributed by atoms with E-state index in [1.807, 2.05) is 18.2 Å². The molecule has 132 valence electrons. The molecule has 0 spiro atoms. The lowest BCUT2D eigenvalue weighted by Crippen LogP contribution is -2.17. The van der Waals surface area contributed by atoms with Gasteiger partial charge < -0.3 is 9.47 Å². The molecule has 1 aliphatic carbocycles. The maximum absolute atomic E-state index is 11.8. The first-order valence-electron chi connectivity index (χ1n) is 9.12. The lowest BCUT2D eigenvalue weighted by Gasteiger charge is -2.20. The van der Waals surface area contributed by atoms with E-state index in [0.29, 0.717) is 24.7 Å². The van der Waals surface area contributed by atoms with Gasteiger partial charge in [-0.05, 0) is 49.3 Å². The van der Waals surface area contributed by atoms with E-state index in [-0.39, 0.29) is 24.8 Å². The summed E-state index contributed by atoms with van der Waals surface area (Å²) < 4.78 is 10.6. The summed E-state index contributed by atoms with van der Waals surface area (Å²) in [5.74, 6) is 0.586. The Morgan fingerprint density at radius 3 is 2.58 bits per heavy atom. The highest BCUT2D eigenvalue weighted by Gasteiger charge is 2.15. The smallest absolute Gasteiger partial charge is 0.311 e. The fourth-order valence-corrected chi connectivity index (χ4v) is 3.03. The molecule has 1 aromatic carbocycles. The Kier molecular flexibility index (Phi) is 7.80. The molecule has 1 aliphatic rings. The van der Waals surface area contributed by atoms with Crippen LogP contribution in [0.4, 0.5) is 0 Å². The topological polar surface area (TPSA) is 52.6 Å². The van der Waals surface area contributed by atoms with Crippen LogP contribution in [0.3, 0.4) is 0 Å². The molecule has 24 heavy (non-hydrogen) atoms. The molecule has 4 heteroatoms. The monoisotopic (exact) mass is 332 g/mol. The minimum atomic E-state index is -0.302. The van der Waals surface area contributed by atoms with Gasteiger partial charge in [-0.25, -0.2) is 0 Å². The summed E-state index contributed by atoms with van der Waals surface area (Å²) in [5.41, 5.74) is 1.13. The van der Waals surface area contributed by atoms with E-state index >= 15 is 0 Å². The number of aryl methyl sites for hydroxylation is 1. The van der Waals surface area contributed by atoms with E-state index in [1.54, 1.807) is 6.07 Å². The van der Waals surface area contributed by atoms with E-state index < -0.39 is 0 Å². The van der Waals surface area contributed by atoms with Gasteiger partial charge in [0.05, 0.1) is 6.61 Å². The summed E-state index contributed by atoms with van der Waals surface area (Å²) >= 11 is 0. The molecule has 0 bridgehead atoms. The van der Waals surface area contributed by atoms with Gasteiger partial charge in [-0.1, -0.05) is 38.3 Å². The van der Waals surface area contributed by atoms with Crippen molar-refractivity contribution in [1.82, 2.24) is 0 Å². The van der Waals surface area contributed by atoms with Crippen LogP contribution in [0.15, 0.2) is 24.3 Å². The maximum Gasteiger partial charge on any atom is 0.311 e. The van der Waals surface area contributed by atoms with E-state index in [9.17, 15) is 9.59 Å². The van der Waals surface area contributed by atoms with E-state index in [0.717, 1.165) is 24.8 Å². The van der Waals surface area contributed by atoms with Gasteiger partial charge in [0, 0.05) is 12.8 Å². The number of rotatable bonds is 8. The highest BCUT2D eigenvalue weighted by atomic mass is 16.5. The average Bonchev–Trinajstić information content (AvgIpc) is 2.61. The SMILES string of the molecule is CCc1cccc(OC(=O)CCCC(=O)OCC2CCCCC2)c1. The summed E-state index contributed by atoms with van der Waals surface area (Å²) in [6.07, 6.45) is 7.99.